The summed E-state index contributed by atoms with van der Waals surface area (Å²) in [6.45, 7) is 0. The van der Waals surface area contributed by atoms with Crippen molar-refractivity contribution < 1.29 is 0 Å². The lowest BCUT2D eigenvalue weighted by Crippen LogP contribution is -2.02. The molecule has 0 bridgehead atoms. The van der Waals surface area contributed by atoms with Gasteiger partial charge in [-0.05, 0) is 63.0 Å². The smallest absolute Gasteiger partial charge is 0.235 e. The average Bonchev–Trinajstić information content (AvgIpc) is 3.50. The first-order chi connectivity index (χ1) is 23.3. The van der Waals surface area contributed by atoms with Crippen LogP contribution in [-0.4, -0.2) is 14.5 Å². The summed E-state index contributed by atoms with van der Waals surface area (Å²) in [6, 6.07) is 60.1. The first-order valence-corrected chi connectivity index (χ1v) is 15.9. The standard InChI is InChI=1S/C44H29N3/c1-3-10-30(11-4-1)32-18-20-33(21-19-32)35-15-9-16-37(28-35)41-26-27-45-44(46-41)47-42-25-23-36(31-12-5-2-6-13-31)29-40(42)39-24-22-34-14-7-8-17-38(34)43(39)47/h1-29H. The van der Waals surface area contributed by atoms with Crippen LogP contribution in [0, 0.1) is 0 Å². The summed E-state index contributed by atoms with van der Waals surface area (Å²) in [5.41, 5.74) is 11.3. The number of nitrogens with zero attached hydrogens (tertiary/aromatic N) is 3. The van der Waals surface area contributed by atoms with E-state index in [0.29, 0.717) is 5.95 Å². The van der Waals surface area contributed by atoms with E-state index >= 15 is 0 Å². The molecule has 9 rings (SSSR count). The Labute approximate surface area is 273 Å². The van der Waals surface area contributed by atoms with Crippen molar-refractivity contribution in [2.45, 2.75) is 0 Å². The minimum absolute atomic E-state index is 0.656. The van der Waals surface area contributed by atoms with E-state index in [2.05, 4.69) is 162 Å². The third-order valence-corrected chi connectivity index (χ3v) is 9.09. The second kappa shape index (κ2) is 11.2. The topological polar surface area (TPSA) is 30.7 Å². The van der Waals surface area contributed by atoms with Gasteiger partial charge in [-0.1, -0.05) is 146 Å². The molecule has 7 aromatic carbocycles. The van der Waals surface area contributed by atoms with Crippen LogP contribution < -0.4 is 0 Å². The number of rotatable bonds is 5. The molecular formula is C44H29N3. The van der Waals surface area contributed by atoms with Crippen molar-refractivity contribution in [1.29, 1.82) is 0 Å². The Balaban J connectivity index is 1.18. The molecule has 0 saturated heterocycles. The fraction of sp³-hybridized carbons (Fsp3) is 0. The van der Waals surface area contributed by atoms with Crippen LogP contribution in [0.2, 0.25) is 0 Å². The molecule has 3 nitrogen and oxygen atoms in total. The van der Waals surface area contributed by atoms with Gasteiger partial charge in [-0.15, -0.1) is 0 Å². The van der Waals surface area contributed by atoms with E-state index in [1.165, 1.54) is 49.4 Å². The third-order valence-electron chi connectivity index (χ3n) is 9.09. The molecule has 0 amide bonds. The Morgan fingerprint density at radius 1 is 0.383 bits per heavy atom. The van der Waals surface area contributed by atoms with Crippen molar-refractivity contribution in [3.8, 4) is 50.6 Å². The molecule has 0 unspecified atom stereocenters. The van der Waals surface area contributed by atoms with Crippen molar-refractivity contribution in [1.82, 2.24) is 14.5 Å². The summed E-state index contributed by atoms with van der Waals surface area (Å²) in [5.74, 6) is 0.656. The minimum Gasteiger partial charge on any atom is -0.277 e. The van der Waals surface area contributed by atoms with E-state index in [-0.39, 0.29) is 0 Å². The lowest BCUT2D eigenvalue weighted by Gasteiger charge is -2.11. The predicted molar refractivity (Wildman–Crippen MR) is 196 cm³/mol. The molecule has 0 atom stereocenters. The van der Waals surface area contributed by atoms with Crippen molar-refractivity contribution in [2.75, 3.05) is 0 Å². The summed E-state index contributed by atoms with van der Waals surface area (Å²) >= 11 is 0. The first-order valence-electron chi connectivity index (χ1n) is 15.9. The predicted octanol–water partition coefficient (Wildman–Crippen LogP) is 11.4. The van der Waals surface area contributed by atoms with Gasteiger partial charge >= 0.3 is 0 Å². The molecule has 9 aromatic rings. The summed E-state index contributed by atoms with van der Waals surface area (Å²) in [5, 5.41) is 4.74. The van der Waals surface area contributed by atoms with E-state index in [4.69, 9.17) is 9.97 Å². The Bertz CT molecular complexity index is 2550. The van der Waals surface area contributed by atoms with E-state index in [1.54, 1.807) is 0 Å². The molecule has 0 saturated carbocycles. The van der Waals surface area contributed by atoms with Crippen LogP contribution in [0.1, 0.15) is 0 Å². The zero-order valence-electron chi connectivity index (χ0n) is 25.6. The van der Waals surface area contributed by atoms with E-state index in [9.17, 15) is 0 Å². The molecule has 2 heterocycles. The molecule has 0 aliphatic carbocycles. The molecule has 0 aliphatic heterocycles. The second-order valence-corrected chi connectivity index (χ2v) is 11.9. The van der Waals surface area contributed by atoms with Gasteiger partial charge in [0.25, 0.3) is 0 Å². The fourth-order valence-corrected chi connectivity index (χ4v) is 6.76. The monoisotopic (exact) mass is 599 g/mol. The third kappa shape index (κ3) is 4.77. The van der Waals surface area contributed by atoms with Crippen LogP contribution in [0.25, 0.3) is 83.2 Å². The molecular weight excluding hydrogens is 571 g/mol. The Hall–Kier alpha value is -6.32. The zero-order chi connectivity index (χ0) is 31.2. The molecule has 0 radical (unpaired) electrons. The molecule has 0 N–H and O–H groups in total. The number of fused-ring (bicyclic) bond motifs is 5. The number of hydrogen-bond acceptors (Lipinski definition) is 2. The average molecular weight is 600 g/mol. The highest BCUT2D eigenvalue weighted by Gasteiger charge is 2.18. The molecule has 47 heavy (non-hydrogen) atoms. The van der Waals surface area contributed by atoms with Crippen LogP contribution >= 0.6 is 0 Å². The largest absolute Gasteiger partial charge is 0.277 e. The lowest BCUT2D eigenvalue weighted by atomic mass is 9.98. The van der Waals surface area contributed by atoms with Crippen LogP contribution in [0.5, 0.6) is 0 Å². The van der Waals surface area contributed by atoms with Crippen molar-refractivity contribution in [3.63, 3.8) is 0 Å². The maximum Gasteiger partial charge on any atom is 0.235 e. The number of aromatic nitrogens is 3. The van der Waals surface area contributed by atoms with Gasteiger partial charge in [0.2, 0.25) is 5.95 Å². The molecule has 220 valence electrons. The van der Waals surface area contributed by atoms with Gasteiger partial charge in [0.1, 0.15) is 0 Å². The maximum atomic E-state index is 5.21. The second-order valence-electron chi connectivity index (χ2n) is 11.9. The molecule has 0 aliphatic rings. The van der Waals surface area contributed by atoms with Gasteiger partial charge in [-0.25, -0.2) is 9.97 Å². The first kappa shape index (κ1) is 27.0. The highest BCUT2D eigenvalue weighted by molar-refractivity contribution is 6.19. The van der Waals surface area contributed by atoms with Gasteiger partial charge in [-0.2, -0.15) is 0 Å². The van der Waals surface area contributed by atoms with Crippen molar-refractivity contribution in [2.24, 2.45) is 0 Å². The van der Waals surface area contributed by atoms with Gasteiger partial charge in [0, 0.05) is 27.9 Å². The van der Waals surface area contributed by atoms with Gasteiger partial charge in [-0.3, -0.25) is 4.57 Å². The van der Waals surface area contributed by atoms with E-state index in [1.807, 2.05) is 18.3 Å². The number of benzene rings is 7. The van der Waals surface area contributed by atoms with Crippen LogP contribution in [-0.2, 0) is 0 Å². The lowest BCUT2D eigenvalue weighted by molar-refractivity contribution is 0.994. The normalized spacial score (nSPS) is 11.4. The molecule has 0 fully saturated rings. The molecule has 3 heteroatoms. The summed E-state index contributed by atoms with van der Waals surface area (Å²) in [6.07, 6.45) is 1.88. The highest BCUT2D eigenvalue weighted by Crippen LogP contribution is 2.38. The summed E-state index contributed by atoms with van der Waals surface area (Å²) < 4.78 is 2.23. The Morgan fingerprint density at radius 2 is 0.979 bits per heavy atom. The number of hydrogen-bond donors (Lipinski definition) is 0. The SMILES string of the molecule is c1ccc(-c2ccc(-c3cccc(-c4ccnc(-n5c6ccc(-c7ccccc7)cc6c6ccc7ccccc7c65)n4)c3)cc2)cc1. The molecule has 0 spiro atoms. The van der Waals surface area contributed by atoms with Gasteiger partial charge < -0.3 is 0 Å². The van der Waals surface area contributed by atoms with Gasteiger partial charge in [0.05, 0.1) is 16.7 Å². The Kier molecular flexibility index (Phi) is 6.46. The van der Waals surface area contributed by atoms with Crippen LogP contribution in [0.15, 0.2) is 176 Å². The Morgan fingerprint density at radius 3 is 1.77 bits per heavy atom. The molecule has 2 aromatic heterocycles. The highest BCUT2D eigenvalue weighted by atomic mass is 15.2. The minimum atomic E-state index is 0.656. The van der Waals surface area contributed by atoms with E-state index in [0.717, 1.165) is 27.9 Å². The zero-order valence-corrected chi connectivity index (χ0v) is 25.6. The maximum absolute atomic E-state index is 5.21. The quantitative estimate of drug-likeness (QED) is 0.197. The van der Waals surface area contributed by atoms with Crippen LogP contribution in [0.3, 0.4) is 0 Å². The van der Waals surface area contributed by atoms with Crippen molar-refractivity contribution in [3.05, 3.63) is 176 Å². The fourth-order valence-electron chi connectivity index (χ4n) is 6.76. The summed E-state index contributed by atoms with van der Waals surface area (Å²) in [4.78, 5) is 10.1. The van der Waals surface area contributed by atoms with Crippen LogP contribution in [0.4, 0.5) is 0 Å². The van der Waals surface area contributed by atoms with E-state index < -0.39 is 0 Å². The summed E-state index contributed by atoms with van der Waals surface area (Å²) in [7, 11) is 0. The van der Waals surface area contributed by atoms with Gasteiger partial charge in [0.15, 0.2) is 0 Å². The van der Waals surface area contributed by atoms with Crippen molar-refractivity contribution >= 4 is 32.6 Å².